The largest absolute Gasteiger partial charge is 0.369 e. The number of rotatable bonds is 2. The molecule has 0 aliphatic carbocycles. The van der Waals surface area contributed by atoms with E-state index >= 15 is 0 Å². The lowest BCUT2D eigenvalue weighted by atomic mass is 9.88. The molecule has 1 aromatic carbocycles. The highest BCUT2D eigenvalue weighted by atomic mass is 35.5. The summed E-state index contributed by atoms with van der Waals surface area (Å²) in [5, 5.41) is 3.42. The van der Waals surface area contributed by atoms with Gasteiger partial charge in [-0.2, -0.15) is 0 Å². The van der Waals surface area contributed by atoms with Crippen molar-refractivity contribution in [3.63, 3.8) is 0 Å². The number of halogens is 1. The van der Waals surface area contributed by atoms with Crippen LogP contribution in [-0.4, -0.2) is 25.7 Å². The molecule has 0 aromatic heterocycles. The Balaban J connectivity index is 0.00000128. The first-order chi connectivity index (χ1) is 7.22. The highest BCUT2D eigenvalue weighted by Gasteiger charge is 2.30. The highest BCUT2D eigenvalue weighted by molar-refractivity contribution is 5.85. The van der Waals surface area contributed by atoms with Gasteiger partial charge in [0.05, 0.1) is 0 Å². The molecule has 90 valence electrons. The molecule has 2 nitrogen and oxygen atoms in total. The van der Waals surface area contributed by atoms with Crippen LogP contribution < -0.4 is 10.2 Å². The molecular formula is C13H21ClN2. The summed E-state index contributed by atoms with van der Waals surface area (Å²) in [6.45, 7) is 4.63. The molecule has 3 heteroatoms. The van der Waals surface area contributed by atoms with Crippen molar-refractivity contribution in [2.75, 3.05) is 25.0 Å². The molecule has 0 amide bonds. The van der Waals surface area contributed by atoms with Gasteiger partial charge in [0.1, 0.15) is 0 Å². The number of hydrogen-bond donors (Lipinski definition) is 1. The summed E-state index contributed by atoms with van der Waals surface area (Å²) in [7, 11) is 2.21. The van der Waals surface area contributed by atoms with Crippen LogP contribution in [0.3, 0.4) is 0 Å². The number of para-hydroxylation sites is 1. The van der Waals surface area contributed by atoms with Gasteiger partial charge in [0.15, 0.2) is 0 Å². The summed E-state index contributed by atoms with van der Waals surface area (Å²) in [6, 6.07) is 10.7. The van der Waals surface area contributed by atoms with E-state index in [-0.39, 0.29) is 12.4 Å². The van der Waals surface area contributed by atoms with Gasteiger partial charge in [0.2, 0.25) is 0 Å². The molecule has 0 saturated carbocycles. The second-order valence-electron chi connectivity index (χ2n) is 4.64. The molecule has 1 saturated heterocycles. The zero-order valence-corrected chi connectivity index (χ0v) is 10.9. The van der Waals surface area contributed by atoms with Gasteiger partial charge < -0.3 is 10.2 Å². The fourth-order valence-corrected chi connectivity index (χ4v) is 2.26. The smallest absolute Gasteiger partial charge is 0.0395 e. The molecule has 0 atom stereocenters. The molecule has 0 radical (unpaired) electrons. The zero-order valence-electron chi connectivity index (χ0n) is 10.1. The third-order valence-electron chi connectivity index (χ3n) is 3.63. The highest BCUT2D eigenvalue weighted by Crippen LogP contribution is 2.29. The number of anilines is 1. The van der Waals surface area contributed by atoms with Gasteiger partial charge in [-0.3, -0.25) is 0 Å². The fraction of sp³-hybridized carbons (Fsp3) is 0.538. The van der Waals surface area contributed by atoms with Gasteiger partial charge in [-0.25, -0.2) is 0 Å². The normalized spacial score (nSPS) is 18.6. The van der Waals surface area contributed by atoms with Crippen molar-refractivity contribution in [3.05, 3.63) is 30.3 Å². The molecule has 1 fully saturated rings. The maximum atomic E-state index is 3.42. The first kappa shape index (κ1) is 13.3. The SMILES string of the molecule is CN(c1ccccc1)C1(C)CCNCC1.Cl. The predicted molar refractivity (Wildman–Crippen MR) is 72.6 cm³/mol. The Morgan fingerprint density at radius 1 is 1.12 bits per heavy atom. The van der Waals surface area contributed by atoms with E-state index in [4.69, 9.17) is 0 Å². The first-order valence-electron chi connectivity index (χ1n) is 5.72. The molecule has 1 aliphatic rings. The Bertz CT molecular complexity index is 307. The second kappa shape index (κ2) is 5.55. The first-order valence-corrected chi connectivity index (χ1v) is 5.72. The summed E-state index contributed by atoms with van der Waals surface area (Å²) in [5.41, 5.74) is 1.63. The van der Waals surface area contributed by atoms with Gasteiger partial charge >= 0.3 is 0 Å². The van der Waals surface area contributed by atoms with E-state index in [0.717, 1.165) is 13.1 Å². The quantitative estimate of drug-likeness (QED) is 0.855. The zero-order chi connectivity index (χ0) is 10.7. The van der Waals surface area contributed by atoms with Crippen LogP contribution in [-0.2, 0) is 0 Å². The maximum absolute atomic E-state index is 3.42. The monoisotopic (exact) mass is 240 g/mol. The minimum absolute atomic E-state index is 0. The minimum atomic E-state index is 0. The van der Waals surface area contributed by atoms with Crippen LogP contribution >= 0.6 is 12.4 Å². The molecule has 0 unspecified atom stereocenters. The minimum Gasteiger partial charge on any atom is -0.369 e. The number of hydrogen-bond acceptors (Lipinski definition) is 2. The lowest BCUT2D eigenvalue weighted by Crippen LogP contribution is -2.51. The van der Waals surface area contributed by atoms with E-state index in [2.05, 4.69) is 54.5 Å². The van der Waals surface area contributed by atoms with Crippen molar-refractivity contribution in [1.82, 2.24) is 5.32 Å². The Kier molecular flexibility index (Phi) is 4.63. The van der Waals surface area contributed by atoms with E-state index in [1.54, 1.807) is 0 Å². The van der Waals surface area contributed by atoms with E-state index in [1.807, 2.05) is 0 Å². The van der Waals surface area contributed by atoms with Crippen LogP contribution in [0.5, 0.6) is 0 Å². The molecule has 16 heavy (non-hydrogen) atoms. The van der Waals surface area contributed by atoms with E-state index in [0.29, 0.717) is 5.54 Å². The van der Waals surface area contributed by atoms with Gasteiger partial charge in [-0.1, -0.05) is 18.2 Å². The summed E-state index contributed by atoms with van der Waals surface area (Å²) in [4.78, 5) is 2.42. The number of nitrogens with one attached hydrogen (secondary N) is 1. The summed E-state index contributed by atoms with van der Waals surface area (Å²) < 4.78 is 0. The molecule has 2 rings (SSSR count). The average molecular weight is 241 g/mol. The molecule has 1 aromatic rings. The van der Waals surface area contributed by atoms with Gasteiger partial charge in [-0.15, -0.1) is 12.4 Å². The number of benzene rings is 1. The lowest BCUT2D eigenvalue weighted by Gasteiger charge is -2.43. The van der Waals surface area contributed by atoms with Gasteiger partial charge in [-0.05, 0) is 45.0 Å². The summed E-state index contributed by atoms with van der Waals surface area (Å²) in [5.74, 6) is 0. The van der Waals surface area contributed by atoms with Crippen LogP contribution in [0.25, 0.3) is 0 Å². The van der Waals surface area contributed by atoms with Crippen LogP contribution in [0, 0.1) is 0 Å². The van der Waals surface area contributed by atoms with Gasteiger partial charge in [0.25, 0.3) is 0 Å². The summed E-state index contributed by atoms with van der Waals surface area (Å²) in [6.07, 6.45) is 2.44. The predicted octanol–water partition coefficient (Wildman–Crippen LogP) is 2.69. The van der Waals surface area contributed by atoms with Crippen molar-refractivity contribution >= 4 is 18.1 Å². The van der Waals surface area contributed by atoms with Crippen molar-refractivity contribution < 1.29 is 0 Å². The number of piperidine rings is 1. The molecule has 0 bridgehead atoms. The Morgan fingerprint density at radius 3 is 2.25 bits per heavy atom. The van der Waals surface area contributed by atoms with Gasteiger partial charge in [0, 0.05) is 18.3 Å². The fourth-order valence-electron chi connectivity index (χ4n) is 2.26. The number of nitrogens with zero attached hydrogens (tertiary/aromatic N) is 1. The molecule has 1 heterocycles. The van der Waals surface area contributed by atoms with Crippen molar-refractivity contribution in [2.45, 2.75) is 25.3 Å². The lowest BCUT2D eigenvalue weighted by molar-refractivity contribution is 0.323. The Morgan fingerprint density at radius 2 is 1.69 bits per heavy atom. The molecule has 0 spiro atoms. The van der Waals surface area contributed by atoms with Crippen molar-refractivity contribution in [1.29, 1.82) is 0 Å². The topological polar surface area (TPSA) is 15.3 Å². The van der Waals surface area contributed by atoms with Crippen LogP contribution in [0.2, 0.25) is 0 Å². The van der Waals surface area contributed by atoms with E-state index in [9.17, 15) is 0 Å². The third kappa shape index (κ3) is 2.69. The average Bonchev–Trinajstić information content (AvgIpc) is 2.30. The van der Waals surface area contributed by atoms with Crippen LogP contribution in [0.4, 0.5) is 5.69 Å². The molecule has 1 aliphatic heterocycles. The Labute approximate surface area is 104 Å². The standard InChI is InChI=1S/C13H20N2.ClH/c1-13(8-10-14-11-9-13)15(2)12-6-4-3-5-7-12;/h3-7,14H,8-11H2,1-2H3;1H. The van der Waals surface area contributed by atoms with Crippen molar-refractivity contribution in [3.8, 4) is 0 Å². The van der Waals surface area contributed by atoms with E-state index < -0.39 is 0 Å². The summed E-state index contributed by atoms with van der Waals surface area (Å²) >= 11 is 0. The maximum Gasteiger partial charge on any atom is 0.0395 e. The second-order valence-corrected chi connectivity index (χ2v) is 4.64. The molecular weight excluding hydrogens is 220 g/mol. The Hall–Kier alpha value is -0.730. The third-order valence-corrected chi connectivity index (χ3v) is 3.63. The molecule has 1 N–H and O–H groups in total. The van der Waals surface area contributed by atoms with E-state index in [1.165, 1.54) is 18.5 Å². The van der Waals surface area contributed by atoms with Crippen molar-refractivity contribution in [2.24, 2.45) is 0 Å². The van der Waals surface area contributed by atoms with Crippen LogP contribution in [0.15, 0.2) is 30.3 Å². The van der Waals surface area contributed by atoms with Crippen LogP contribution in [0.1, 0.15) is 19.8 Å².